The van der Waals surface area contributed by atoms with E-state index in [1.807, 2.05) is 6.92 Å². The van der Waals surface area contributed by atoms with Crippen LogP contribution in [0.4, 0.5) is 0 Å². The molecule has 4 unspecified atom stereocenters. The van der Waals surface area contributed by atoms with E-state index in [2.05, 4.69) is 10.2 Å². The third-order valence-electron chi connectivity index (χ3n) is 5.79. The van der Waals surface area contributed by atoms with Gasteiger partial charge in [0.2, 0.25) is 0 Å². The summed E-state index contributed by atoms with van der Waals surface area (Å²) in [6, 6.07) is 0. The monoisotopic (exact) mass is 515 g/mol. The Balaban J connectivity index is 0.00000261. The van der Waals surface area contributed by atoms with Crippen LogP contribution in [0.3, 0.4) is 0 Å². The van der Waals surface area contributed by atoms with Crippen LogP contribution in [-0.2, 0) is 14.6 Å². The smallest absolute Gasteiger partial charge is 0.194 e. The molecule has 0 spiro atoms. The van der Waals surface area contributed by atoms with Crippen LogP contribution >= 0.6 is 24.0 Å². The summed E-state index contributed by atoms with van der Waals surface area (Å²) in [6.45, 7) is 5.61. The van der Waals surface area contributed by atoms with Gasteiger partial charge < -0.3 is 20.1 Å². The summed E-state index contributed by atoms with van der Waals surface area (Å²) in [5.41, 5.74) is 0. The van der Waals surface area contributed by atoms with Crippen molar-refractivity contribution >= 4 is 39.8 Å². The van der Waals surface area contributed by atoms with Crippen molar-refractivity contribution in [3.05, 3.63) is 0 Å². The van der Waals surface area contributed by atoms with Crippen LogP contribution in [0, 0.1) is 11.8 Å². The van der Waals surface area contributed by atoms with Crippen molar-refractivity contribution in [3.8, 4) is 0 Å². The highest BCUT2D eigenvalue weighted by molar-refractivity contribution is 14.0. The zero-order valence-corrected chi connectivity index (χ0v) is 19.3. The average molecular weight is 515 g/mol. The van der Waals surface area contributed by atoms with Gasteiger partial charge in [-0.05, 0) is 44.9 Å². The molecular formula is C18H34IN3O4S. The number of aliphatic hydroxyl groups is 1. The highest BCUT2D eigenvalue weighted by Gasteiger charge is 2.30. The summed E-state index contributed by atoms with van der Waals surface area (Å²) in [7, 11) is -2.87. The molecule has 3 aliphatic heterocycles. The van der Waals surface area contributed by atoms with Gasteiger partial charge in [0, 0.05) is 38.7 Å². The Morgan fingerprint density at radius 3 is 2.74 bits per heavy atom. The van der Waals surface area contributed by atoms with Crippen LogP contribution in [0.5, 0.6) is 0 Å². The van der Waals surface area contributed by atoms with Crippen LogP contribution in [0.1, 0.15) is 39.0 Å². The summed E-state index contributed by atoms with van der Waals surface area (Å²) in [5.74, 6) is 1.77. The number of hydrogen-bond donors (Lipinski definition) is 2. The van der Waals surface area contributed by atoms with Crippen molar-refractivity contribution in [2.24, 2.45) is 16.8 Å². The third-order valence-corrected chi connectivity index (χ3v) is 7.63. The molecule has 0 aromatic rings. The number of aliphatic hydroxyl groups excluding tert-OH is 1. The van der Waals surface area contributed by atoms with E-state index in [1.54, 1.807) is 0 Å². The second kappa shape index (κ2) is 10.6. The Labute approximate surface area is 180 Å². The number of nitrogens with zero attached hydrogens (tertiary/aromatic N) is 2. The summed E-state index contributed by atoms with van der Waals surface area (Å²) in [5, 5.41) is 13.3. The predicted molar refractivity (Wildman–Crippen MR) is 117 cm³/mol. The van der Waals surface area contributed by atoms with Gasteiger partial charge in [0.15, 0.2) is 15.8 Å². The van der Waals surface area contributed by atoms with Gasteiger partial charge in [0.25, 0.3) is 0 Å². The maximum atomic E-state index is 11.7. The van der Waals surface area contributed by atoms with E-state index in [0.717, 1.165) is 51.5 Å². The maximum Gasteiger partial charge on any atom is 0.194 e. The second-order valence-corrected chi connectivity index (χ2v) is 10.3. The maximum absolute atomic E-state index is 11.7. The number of likely N-dealkylation sites (tertiary alicyclic amines) is 1. The molecule has 0 aromatic heterocycles. The molecule has 158 valence electrons. The molecule has 0 aromatic carbocycles. The lowest BCUT2D eigenvalue weighted by Gasteiger charge is -2.27. The lowest BCUT2D eigenvalue weighted by atomic mass is 10.0. The molecule has 3 rings (SSSR count). The molecule has 3 aliphatic rings. The number of guanidine groups is 1. The topological polar surface area (TPSA) is 91.2 Å². The largest absolute Gasteiger partial charge is 0.393 e. The highest BCUT2D eigenvalue weighted by Crippen LogP contribution is 2.22. The molecule has 4 atom stereocenters. The molecule has 0 aliphatic carbocycles. The minimum absolute atomic E-state index is 0. The first kappa shape index (κ1) is 23.2. The Morgan fingerprint density at radius 2 is 2.15 bits per heavy atom. The van der Waals surface area contributed by atoms with E-state index in [0.29, 0.717) is 18.7 Å². The van der Waals surface area contributed by atoms with E-state index in [9.17, 15) is 13.5 Å². The van der Waals surface area contributed by atoms with Gasteiger partial charge in [-0.25, -0.2) is 8.42 Å². The molecule has 0 bridgehead atoms. The van der Waals surface area contributed by atoms with Gasteiger partial charge in [-0.2, -0.15) is 0 Å². The normalized spacial score (nSPS) is 32.1. The van der Waals surface area contributed by atoms with Gasteiger partial charge in [-0.3, -0.25) is 4.99 Å². The number of nitrogens with one attached hydrogen (secondary N) is 1. The molecular weight excluding hydrogens is 481 g/mol. The number of hydrogen-bond acceptors (Lipinski definition) is 5. The molecule has 3 fully saturated rings. The Morgan fingerprint density at radius 1 is 1.33 bits per heavy atom. The van der Waals surface area contributed by atoms with E-state index in [1.165, 1.54) is 6.42 Å². The molecule has 7 nitrogen and oxygen atoms in total. The molecule has 0 amide bonds. The number of halogens is 1. The molecule has 3 heterocycles. The SMILES string of the molecule is CC(O)C1CCN(C(=NCC2CCS(=O)(=O)C2)NCC2CCCCO2)C1.I. The highest BCUT2D eigenvalue weighted by atomic mass is 127. The van der Waals surface area contributed by atoms with Crippen LogP contribution < -0.4 is 5.32 Å². The lowest BCUT2D eigenvalue weighted by molar-refractivity contribution is 0.0191. The van der Waals surface area contributed by atoms with E-state index in [-0.39, 0.29) is 53.8 Å². The second-order valence-electron chi connectivity index (χ2n) is 8.04. The third kappa shape index (κ3) is 7.01. The van der Waals surface area contributed by atoms with Crippen molar-refractivity contribution < 1.29 is 18.3 Å². The number of ether oxygens (including phenoxy) is 1. The zero-order chi connectivity index (χ0) is 18.6. The first-order valence-corrected chi connectivity index (χ1v) is 11.8. The van der Waals surface area contributed by atoms with Crippen LogP contribution in [0.25, 0.3) is 0 Å². The fourth-order valence-electron chi connectivity index (χ4n) is 4.05. The fourth-order valence-corrected chi connectivity index (χ4v) is 5.90. The van der Waals surface area contributed by atoms with Gasteiger partial charge in [-0.15, -0.1) is 24.0 Å². The summed E-state index contributed by atoms with van der Waals surface area (Å²) < 4.78 is 29.1. The van der Waals surface area contributed by atoms with E-state index < -0.39 is 9.84 Å². The standard InChI is InChI=1S/C18H33N3O4S.HI/c1-14(22)16-5-7-21(12-16)18(20-11-17-4-2-3-8-25-17)19-10-15-6-9-26(23,24)13-15;/h14-17,22H,2-13H2,1H3,(H,19,20);1H. The van der Waals surface area contributed by atoms with Crippen molar-refractivity contribution in [2.75, 3.05) is 44.3 Å². The number of rotatable bonds is 5. The minimum atomic E-state index is -2.87. The molecule has 3 saturated heterocycles. The summed E-state index contributed by atoms with van der Waals surface area (Å²) in [4.78, 5) is 6.96. The van der Waals surface area contributed by atoms with E-state index >= 15 is 0 Å². The Hall–Kier alpha value is -0.130. The summed E-state index contributed by atoms with van der Waals surface area (Å²) >= 11 is 0. The van der Waals surface area contributed by atoms with Gasteiger partial charge in [0.05, 0.1) is 23.7 Å². The molecule has 2 N–H and O–H groups in total. The average Bonchev–Trinajstić information content (AvgIpc) is 3.23. The predicted octanol–water partition coefficient (Wildman–Crippen LogP) is 1.26. The zero-order valence-electron chi connectivity index (χ0n) is 16.2. The number of sulfone groups is 1. The van der Waals surface area contributed by atoms with Gasteiger partial charge in [0.1, 0.15) is 0 Å². The van der Waals surface area contributed by atoms with Crippen LogP contribution in [-0.4, -0.2) is 80.9 Å². The first-order chi connectivity index (χ1) is 12.4. The molecule has 27 heavy (non-hydrogen) atoms. The van der Waals surface area contributed by atoms with Crippen LogP contribution in [0.2, 0.25) is 0 Å². The van der Waals surface area contributed by atoms with E-state index in [4.69, 9.17) is 9.73 Å². The van der Waals surface area contributed by atoms with Crippen LogP contribution in [0.15, 0.2) is 4.99 Å². The van der Waals surface area contributed by atoms with Gasteiger partial charge >= 0.3 is 0 Å². The minimum Gasteiger partial charge on any atom is -0.393 e. The van der Waals surface area contributed by atoms with Crippen molar-refractivity contribution in [3.63, 3.8) is 0 Å². The molecule has 0 saturated carbocycles. The Bertz CT molecular complexity index is 593. The fraction of sp³-hybridized carbons (Fsp3) is 0.944. The molecule has 9 heteroatoms. The Kier molecular flexibility index (Phi) is 9.08. The van der Waals surface area contributed by atoms with Crippen molar-refractivity contribution in [1.82, 2.24) is 10.2 Å². The van der Waals surface area contributed by atoms with Crippen molar-refractivity contribution in [2.45, 2.75) is 51.2 Å². The summed E-state index contributed by atoms with van der Waals surface area (Å²) in [6.07, 6.45) is 4.97. The lowest BCUT2D eigenvalue weighted by Crippen LogP contribution is -2.45. The van der Waals surface area contributed by atoms with Gasteiger partial charge in [-0.1, -0.05) is 0 Å². The molecule has 0 radical (unpaired) electrons. The first-order valence-electron chi connectivity index (χ1n) is 9.96. The number of aliphatic imine (C=N–C) groups is 1. The van der Waals surface area contributed by atoms with Crippen molar-refractivity contribution in [1.29, 1.82) is 0 Å². The quantitative estimate of drug-likeness (QED) is 0.326.